The fourth-order valence-corrected chi connectivity index (χ4v) is 2.58. The minimum Gasteiger partial charge on any atom is -0.394 e. The smallest absolute Gasteiger partial charge is 0.0953 e. The summed E-state index contributed by atoms with van der Waals surface area (Å²) in [6.07, 6.45) is 2.76. The molecule has 1 heterocycles. The molecule has 1 aromatic rings. The van der Waals surface area contributed by atoms with Gasteiger partial charge in [-0.1, -0.05) is 13.8 Å². The summed E-state index contributed by atoms with van der Waals surface area (Å²) < 4.78 is 2.19. The molecule has 2 atom stereocenters. The third-order valence-electron chi connectivity index (χ3n) is 3.49. The van der Waals surface area contributed by atoms with Crippen LogP contribution in [0.5, 0.6) is 0 Å². The fraction of sp³-hybridized carbons (Fsp3) is 0.786. The van der Waals surface area contributed by atoms with E-state index < -0.39 is 0 Å². The maximum atomic E-state index is 9.62. The molecule has 0 spiro atoms. The minimum atomic E-state index is -0.252. The number of aliphatic hydroxyl groups excluding tert-OH is 1. The van der Waals surface area contributed by atoms with E-state index in [2.05, 4.69) is 49.5 Å². The molecule has 2 unspecified atom stereocenters. The van der Waals surface area contributed by atoms with Gasteiger partial charge in [-0.2, -0.15) is 0 Å². The van der Waals surface area contributed by atoms with Crippen LogP contribution in [0.1, 0.15) is 51.5 Å². The highest BCUT2D eigenvalue weighted by Gasteiger charge is 2.27. The Morgan fingerprint density at radius 3 is 2.39 bits per heavy atom. The largest absolute Gasteiger partial charge is 0.394 e. The van der Waals surface area contributed by atoms with Gasteiger partial charge in [-0.05, 0) is 34.1 Å². The van der Waals surface area contributed by atoms with Crippen molar-refractivity contribution in [1.29, 1.82) is 0 Å². The lowest BCUT2D eigenvalue weighted by molar-refractivity contribution is 0.142. The predicted molar refractivity (Wildman–Crippen MR) is 74.8 cm³/mol. The molecule has 0 amide bonds. The van der Waals surface area contributed by atoms with Crippen LogP contribution in [0, 0.1) is 13.8 Å². The van der Waals surface area contributed by atoms with E-state index in [1.54, 1.807) is 0 Å². The first-order chi connectivity index (χ1) is 8.29. The first kappa shape index (κ1) is 15.2. The summed E-state index contributed by atoms with van der Waals surface area (Å²) in [5, 5.41) is 13.1. The van der Waals surface area contributed by atoms with Crippen LogP contribution in [0.15, 0.2) is 6.33 Å². The maximum Gasteiger partial charge on any atom is 0.0953 e. The molecule has 1 rings (SSSR count). The molecule has 1 aromatic heterocycles. The molecule has 104 valence electrons. The first-order valence-corrected chi connectivity index (χ1v) is 6.67. The Morgan fingerprint density at radius 1 is 1.39 bits per heavy atom. The van der Waals surface area contributed by atoms with Gasteiger partial charge in [-0.25, -0.2) is 4.98 Å². The van der Waals surface area contributed by atoms with E-state index in [0.717, 1.165) is 12.1 Å². The molecule has 0 aliphatic heterocycles. The zero-order valence-corrected chi connectivity index (χ0v) is 12.5. The Balaban J connectivity index is 2.79. The molecular weight excluding hydrogens is 226 g/mol. The molecule has 0 aliphatic rings. The van der Waals surface area contributed by atoms with Gasteiger partial charge in [0, 0.05) is 23.3 Å². The molecule has 0 bridgehead atoms. The molecule has 4 nitrogen and oxygen atoms in total. The number of aryl methyl sites for hydroxylation is 1. The average Bonchev–Trinajstić information content (AvgIpc) is 2.58. The number of aromatic nitrogens is 2. The molecule has 0 fully saturated rings. The molecule has 2 N–H and O–H groups in total. The zero-order chi connectivity index (χ0) is 13.9. The van der Waals surface area contributed by atoms with E-state index in [4.69, 9.17) is 0 Å². The normalized spacial score (nSPS) is 16.9. The Labute approximate surface area is 110 Å². The van der Waals surface area contributed by atoms with E-state index >= 15 is 0 Å². The van der Waals surface area contributed by atoms with Crippen LogP contribution in [-0.4, -0.2) is 32.8 Å². The number of rotatable bonds is 6. The Morgan fingerprint density at radius 2 is 2.00 bits per heavy atom. The number of nitrogens with one attached hydrogen (secondary N) is 1. The topological polar surface area (TPSA) is 50.1 Å². The van der Waals surface area contributed by atoms with Crippen LogP contribution in [-0.2, 0) is 0 Å². The molecule has 0 saturated heterocycles. The van der Waals surface area contributed by atoms with Gasteiger partial charge in [0.25, 0.3) is 0 Å². The van der Waals surface area contributed by atoms with Crippen LogP contribution < -0.4 is 5.32 Å². The summed E-state index contributed by atoms with van der Waals surface area (Å²) in [4.78, 5) is 4.33. The van der Waals surface area contributed by atoms with Crippen molar-refractivity contribution in [1.82, 2.24) is 14.9 Å². The van der Waals surface area contributed by atoms with Crippen molar-refractivity contribution < 1.29 is 5.11 Å². The van der Waals surface area contributed by atoms with E-state index in [1.165, 1.54) is 5.69 Å². The Hall–Kier alpha value is -0.870. The summed E-state index contributed by atoms with van der Waals surface area (Å²) >= 11 is 0. The van der Waals surface area contributed by atoms with Crippen molar-refractivity contribution in [2.75, 3.05) is 6.61 Å². The second-order valence-electron chi connectivity index (χ2n) is 5.89. The van der Waals surface area contributed by atoms with Gasteiger partial charge < -0.3 is 15.0 Å². The van der Waals surface area contributed by atoms with Crippen molar-refractivity contribution in [3.8, 4) is 0 Å². The summed E-state index contributed by atoms with van der Waals surface area (Å²) in [7, 11) is 0. The summed E-state index contributed by atoms with van der Waals surface area (Å²) in [6.45, 7) is 12.7. The third kappa shape index (κ3) is 3.56. The highest BCUT2D eigenvalue weighted by molar-refractivity contribution is 5.10. The van der Waals surface area contributed by atoms with Crippen LogP contribution in [0.25, 0.3) is 0 Å². The van der Waals surface area contributed by atoms with Crippen molar-refractivity contribution >= 4 is 0 Å². The molecule has 18 heavy (non-hydrogen) atoms. The Kier molecular flexibility index (Phi) is 4.93. The average molecular weight is 253 g/mol. The van der Waals surface area contributed by atoms with Gasteiger partial charge in [-0.3, -0.25) is 0 Å². The molecule has 0 saturated carbocycles. The monoisotopic (exact) mass is 253 g/mol. The number of nitrogens with zero attached hydrogens (tertiary/aromatic N) is 2. The molecule has 0 aliphatic carbocycles. The summed E-state index contributed by atoms with van der Waals surface area (Å²) in [5.41, 5.74) is 2.02. The number of imidazole rings is 1. The van der Waals surface area contributed by atoms with Crippen molar-refractivity contribution in [3.05, 3.63) is 17.7 Å². The molecular formula is C14H27N3O. The van der Waals surface area contributed by atoms with Crippen LogP contribution in [0.2, 0.25) is 0 Å². The molecule has 0 radical (unpaired) electrons. The minimum absolute atomic E-state index is 0.141. The van der Waals surface area contributed by atoms with Crippen LogP contribution in [0.4, 0.5) is 0 Å². The third-order valence-corrected chi connectivity index (χ3v) is 3.49. The fourth-order valence-electron chi connectivity index (χ4n) is 2.58. The van der Waals surface area contributed by atoms with E-state index in [0.29, 0.717) is 12.1 Å². The summed E-state index contributed by atoms with van der Waals surface area (Å²) in [6, 6.07) is 0.676. The lowest BCUT2D eigenvalue weighted by Crippen LogP contribution is -2.50. The highest BCUT2D eigenvalue weighted by atomic mass is 16.3. The van der Waals surface area contributed by atoms with Gasteiger partial charge in [0.05, 0.1) is 18.6 Å². The number of aliphatic hydroxyl groups is 1. The first-order valence-electron chi connectivity index (χ1n) is 6.67. The van der Waals surface area contributed by atoms with Gasteiger partial charge in [0.1, 0.15) is 0 Å². The van der Waals surface area contributed by atoms with Gasteiger partial charge in [0.2, 0.25) is 0 Å². The van der Waals surface area contributed by atoms with Crippen molar-refractivity contribution in [3.63, 3.8) is 0 Å². The number of hydrogen-bond acceptors (Lipinski definition) is 3. The lowest BCUT2D eigenvalue weighted by atomic mass is 9.93. The van der Waals surface area contributed by atoms with Gasteiger partial charge >= 0.3 is 0 Å². The van der Waals surface area contributed by atoms with Crippen molar-refractivity contribution in [2.24, 2.45) is 0 Å². The van der Waals surface area contributed by atoms with E-state index in [9.17, 15) is 5.11 Å². The van der Waals surface area contributed by atoms with Gasteiger partial charge in [-0.15, -0.1) is 0 Å². The lowest BCUT2D eigenvalue weighted by Gasteiger charge is -2.34. The summed E-state index contributed by atoms with van der Waals surface area (Å²) in [5.74, 6) is 0. The van der Waals surface area contributed by atoms with E-state index in [-0.39, 0.29) is 12.1 Å². The van der Waals surface area contributed by atoms with Crippen molar-refractivity contribution in [2.45, 2.75) is 65.6 Å². The zero-order valence-electron chi connectivity index (χ0n) is 12.5. The number of hydrogen-bond donors (Lipinski definition) is 2. The molecule has 0 aromatic carbocycles. The highest BCUT2D eigenvalue weighted by Crippen LogP contribution is 2.23. The quantitative estimate of drug-likeness (QED) is 0.817. The van der Waals surface area contributed by atoms with Crippen LogP contribution in [0.3, 0.4) is 0 Å². The second kappa shape index (κ2) is 5.85. The SMILES string of the molecule is Cc1ncn(C(C)CC(C)(CO)NC(C)C)c1C. The van der Waals surface area contributed by atoms with E-state index in [1.807, 2.05) is 13.3 Å². The maximum absolute atomic E-state index is 9.62. The standard InChI is InChI=1S/C14H27N3O/c1-10(2)16-14(6,8-18)7-11(3)17-9-15-12(4)13(17)5/h9-11,16,18H,7-8H2,1-6H3. The Bertz CT molecular complexity index is 386. The molecule has 4 heteroatoms. The van der Waals surface area contributed by atoms with Gasteiger partial charge in [0.15, 0.2) is 0 Å². The predicted octanol–water partition coefficient (Wildman–Crippen LogP) is 2.20. The second-order valence-corrected chi connectivity index (χ2v) is 5.89. The van der Waals surface area contributed by atoms with Crippen LogP contribution >= 0.6 is 0 Å².